The minimum Gasteiger partial charge on any atom is -0.478 e. The van der Waals surface area contributed by atoms with Crippen LogP contribution in [0.15, 0.2) is 24.3 Å². The van der Waals surface area contributed by atoms with Gasteiger partial charge >= 0.3 is 5.97 Å². The molecule has 0 heterocycles. The van der Waals surface area contributed by atoms with Gasteiger partial charge in [0, 0.05) is 14.7 Å². The van der Waals surface area contributed by atoms with Crippen molar-refractivity contribution in [3.05, 3.63) is 29.8 Å². The molecule has 0 aliphatic rings. The lowest BCUT2D eigenvalue weighted by Gasteiger charge is -2.15. The summed E-state index contributed by atoms with van der Waals surface area (Å²) in [5.74, 6) is -0.442. The Balaban J connectivity index is 2.31. The summed E-state index contributed by atoms with van der Waals surface area (Å²) in [7, 11) is -1.07. The Morgan fingerprint density at radius 3 is 2.67 bits per heavy atom. The molecule has 0 atom stereocenters. The van der Waals surface area contributed by atoms with Crippen molar-refractivity contribution < 1.29 is 19.4 Å². The number of hydrogen-bond donors (Lipinski definition) is 1. The number of aromatic carboxylic acids is 1. The fourth-order valence-electron chi connectivity index (χ4n) is 1.27. The zero-order valence-corrected chi connectivity index (χ0v) is 12.1. The molecular formula is C13H20O4Si. The van der Waals surface area contributed by atoms with Crippen molar-refractivity contribution in [2.24, 2.45) is 0 Å². The fraction of sp³-hybridized carbons (Fsp3) is 0.462. The van der Waals surface area contributed by atoms with Crippen LogP contribution in [0.3, 0.4) is 0 Å². The first-order chi connectivity index (χ1) is 8.38. The molecule has 0 unspecified atom stereocenters. The van der Waals surface area contributed by atoms with Gasteiger partial charge < -0.3 is 14.6 Å². The zero-order valence-electron chi connectivity index (χ0n) is 11.1. The van der Waals surface area contributed by atoms with E-state index in [4.69, 9.17) is 14.6 Å². The molecule has 18 heavy (non-hydrogen) atoms. The third kappa shape index (κ3) is 5.84. The summed E-state index contributed by atoms with van der Waals surface area (Å²) in [6.07, 6.45) is 0. The van der Waals surface area contributed by atoms with Gasteiger partial charge in [0.15, 0.2) is 6.79 Å². The molecule has 0 amide bonds. The Morgan fingerprint density at radius 2 is 2.06 bits per heavy atom. The Hall–Kier alpha value is -1.33. The second kappa shape index (κ2) is 6.56. The van der Waals surface area contributed by atoms with Gasteiger partial charge in [-0.25, -0.2) is 4.79 Å². The molecule has 0 aliphatic heterocycles. The number of carboxylic acid groups (broad SMARTS) is 1. The molecule has 1 aromatic rings. The van der Waals surface area contributed by atoms with Crippen LogP contribution in [0.2, 0.25) is 25.7 Å². The van der Waals surface area contributed by atoms with Crippen molar-refractivity contribution >= 4 is 14.0 Å². The highest BCUT2D eigenvalue weighted by Gasteiger charge is 2.12. The van der Waals surface area contributed by atoms with Crippen LogP contribution in [0, 0.1) is 0 Å². The molecule has 0 aliphatic carbocycles. The maximum atomic E-state index is 10.8. The largest absolute Gasteiger partial charge is 0.478 e. The minimum absolute atomic E-state index is 0.160. The lowest BCUT2D eigenvalue weighted by atomic mass is 10.2. The summed E-state index contributed by atoms with van der Waals surface area (Å²) < 4.78 is 10.7. The Bertz CT molecular complexity index is 398. The number of rotatable bonds is 7. The first-order valence-corrected chi connectivity index (χ1v) is 9.63. The normalized spacial score (nSPS) is 11.3. The van der Waals surface area contributed by atoms with Gasteiger partial charge in [-0.2, -0.15) is 0 Å². The standard InChI is InChI=1S/C13H20O4Si/c1-18(2,3)8-7-16-10-17-12-6-4-5-11(9-12)13(14)15/h4-6,9H,7-8,10H2,1-3H3,(H,14,15). The molecule has 0 radical (unpaired) electrons. The average molecular weight is 268 g/mol. The molecule has 0 saturated carbocycles. The molecule has 0 spiro atoms. The second-order valence-electron chi connectivity index (χ2n) is 5.31. The first-order valence-electron chi connectivity index (χ1n) is 5.92. The van der Waals surface area contributed by atoms with Crippen molar-refractivity contribution in [2.75, 3.05) is 13.4 Å². The van der Waals surface area contributed by atoms with Crippen LogP contribution >= 0.6 is 0 Å². The highest BCUT2D eigenvalue weighted by molar-refractivity contribution is 6.76. The lowest BCUT2D eigenvalue weighted by Crippen LogP contribution is -2.22. The van der Waals surface area contributed by atoms with E-state index in [9.17, 15) is 4.79 Å². The van der Waals surface area contributed by atoms with Gasteiger partial charge in [-0.15, -0.1) is 0 Å². The predicted octanol–water partition coefficient (Wildman–Crippen LogP) is 3.08. The topological polar surface area (TPSA) is 55.8 Å². The summed E-state index contributed by atoms with van der Waals surface area (Å²) in [4.78, 5) is 10.8. The molecular weight excluding hydrogens is 248 g/mol. The molecule has 100 valence electrons. The van der Waals surface area contributed by atoms with Crippen molar-refractivity contribution in [3.8, 4) is 5.75 Å². The summed E-state index contributed by atoms with van der Waals surface area (Å²) in [6, 6.07) is 7.48. The van der Waals surface area contributed by atoms with Gasteiger partial charge in [0.25, 0.3) is 0 Å². The van der Waals surface area contributed by atoms with E-state index in [0.717, 1.165) is 6.04 Å². The Morgan fingerprint density at radius 1 is 1.33 bits per heavy atom. The number of carbonyl (C=O) groups is 1. The predicted molar refractivity (Wildman–Crippen MR) is 73.0 cm³/mol. The highest BCUT2D eigenvalue weighted by atomic mass is 28.3. The van der Waals surface area contributed by atoms with Gasteiger partial charge in [-0.05, 0) is 24.2 Å². The summed E-state index contributed by atoms with van der Waals surface area (Å²) >= 11 is 0. The van der Waals surface area contributed by atoms with E-state index < -0.39 is 14.0 Å². The zero-order chi connectivity index (χ0) is 13.6. The third-order valence-electron chi connectivity index (χ3n) is 2.39. The molecule has 0 saturated heterocycles. The lowest BCUT2D eigenvalue weighted by molar-refractivity contribution is 0.0219. The summed E-state index contributed by atoms with van der Waals surface area (Å²) in [6.45, 7) is 7.70. The number of benzene rings is 1. The minimum atomic E-state index is -1.07. The van der Waals surface area contributed by atoms with Crippen LogP contribution in [-0.2, 0) is 4.74 Å². The second-order valence-corrected chi connectivity index (χ2v) is 10.9. The van der Waals surface area contributed by atoms with Gasteiger partial charge in [-0.1, -0.05) is 25.7 Å². The molecule has 0 fully saturated rings. The summed E-state index contributed by atoms with van der Waals surface area (Å²) in [5.41, 5.74) is 0.217. The van der Waals surface area contributed by atoms with Crippen LogP contribution in [0.1, 0.15) is 10.4 Å². The van der Waals surface area contributed by atoms with Crippen LogP contribution in [0.4, 0.5) is 0 Å². The van der Waals surface area contributed by atoms with E-state index in [1.165, 1.54) is 12.1 Å². The number of carboxylic acids is 1. The van der Waals surface area contributed by atoms with Crippen LogP contribution in [0.5, 0.6) is 5.75 Å². The van der Waals surface area contributed by atoms with Gasteiger partial charge in [0.05, 0.1) is 5.56 Å². The molecule has 1 aromatic carbocycles. The quantitative estimate of drug-likeness (QED) is 0.469. The SMILES string of the molecule is C[Si](C)(C)CCOCOc1cccc(C(=O)O)c1. The van der Waals surface area contributed by atoms with Gasteiger partial charge in [-0.3, -0.25) is 0 Å². The van der Waals surface area contributed by atoms with E-state index in [0.29, 0.717) is 12.4 Å². The van der Waals surface area contributed by atoms with Crippen molar-refractivity contribution in [2.45, 2.75) is 25.7 Å². The average Bonchev–Trinajstić information content (AvgIpc) is 2.27. The van der Waals surface area contributed by atoms with E-state index in [-0.39, 0.29) is 12.4 Å². The fourth-order valence-corrected chi connectivity index (χ4v) is 2.02. The molecule has 1 rings (SSSR count). The van der Waals surface area contributed by atoms with Crippen molar-refractivity contribution in [3.63, 3.8) is 0 Å². The highest BCUT2D eigenvalue weighted by Crippen LogP contribution is 2.13. The maximum absolute atomic E-state index is 10.8. The van der Waals surface area contributed by atoms with E-state index in [2.05, 4.69) is 19.6 Å². The van der Waals surface area contributed by atoms with Crippen LogP contribution < -0.4 is 4.74 Å². The monoisotopic (exact) mass is 268 g/mol. The van der Waals surface area contributed by atoms with Crippen molar-refractivity contribution in [1.82, 2.24) is 0 Å². The van der Waals surface area contributed by atoms with E-state index >= 15 is 0 Å². The van der Waals surface area contributed by atoms with Gasteiger partial charge in [0.1, 0.15) is 5.75 Å². The van der Waals surface area contributed by atoms with Gasteiger partial charge in [0.2, 0.25) is 0 Å². The van der Waals surface area contributed by atoms with Crippen LogP contribution in [0.25, 0.3) is 0 Å². The smallest absolute Gasteiger partial charge is 0.335 e. The number of ether oxygens (including phenoxy) is 2. The molecule has 5 heteroatoms. The number of hydrogen-bond acceptors (Lipinski definition) is 3. The molecule has 4 nitrogen and oxygen atoms in total. The van der Waals surface area contributed by atoms with Crippen molar-refractivity contribution in [1.29, 1.82) is 0 Å². The van der Waals surface area contributed by atoms with Crippen LogP contribution in [-0.4, -0.2) is 32.5 Å². The van der Waals surface area contributed by atoms with E-state index in [1.807, 2.05) is 0 Å². The summed E-state index contributed by atoms with van der Waals surface area (Å²) in [5, 5.41) is 8.83. The first kappa shape index (κ1) is 14.7. The molecule has 0 aromatic heterocycles. The molecule has 0 bridgehead atoms. The molecule has 1 N–H and O–H groups in total. The van der Waals surface area contributed by atoms with E-state index in [1.54, 1.807) is 12.1 Å². The third-order valence-corrected chi connectivity index (χ3v) is 4.09. The Kier molecular flexibility index (Phi) is 5.37. The maximum Gasteiger partial charge on any atom is 0.335 e. The Labute approximate surface area is 109 Å².